The average Bonchev–Trinajstić information content (AvgIpc) is 2.44. The number of benzene rings is 1. The van der Waals surface area contributed by atoms with Crippen LogP contribution in [0.1, 0.15) is 12.5 Å². The van der Waals surface area contributed by atoms with Crippen LogP contribution in [0.5, 0.6) is 0 Å². The molecular formula is C14H15ClN2O3S. The summed E-state index contributed by atoms with van der Waals surface area (Å²) in [7, 11) is -2.36. The van der Waals surface area contributed by atoms with E-state index in [0.29, 0.717) is 5.56 Å². The maximum Gasteiger partial charge on any atom is 0.244 e. The Kier molecular flexibility index (Phi) is 6.19. The summed E-state index contributed by atoms with van der Waals surface area (Å²) >= 11 is 6.01. The molecule has 0 saturated carbocycles. The van der Waals surface area contributed by atoms with Gasteiger partial charge in [0.25, 0.3) is 0 Å². The van der Waals surface area contributed by atoms with Gasteiger partial charge in [-0.3, -0.25) is 0 Å². The van der Waals surface area contributed by atoms with Crippen molar-refractivity contribution in [3.8, 4) is 17.9 Å². The number of rotatable bonds is 4. The second kappa shape index (κ2) is 7.44. The number of sulfonamides is 1. The van der Waals surface area contributed by atoms with Crippen LogP contribution >= 0.6 is 11.6 Å². The van der Waals surface area contributed by atoms with Gasteiger partial charge >= 0.3 is 0 Å². The fourth-order valence-corrected chi connectivity index (χ4v) is 3.40. The molecule has 0 heterocycles. The van der Waals surface area contributed by atoms with Crippen molar-refractivity contribution >= 4 is 21.6 Å². The summed E-state index contributed by atoms with van der Waals surface area (Å²) in [6, 6.07) is 6.30. The number of aliphatic hydroxyl groups excluding tert-OH is 1. The second-order valence-corrected chi connectivity index (χ2v) is 6.84. The highest BCUT2D eigenvalue weighted by atomic mass is 35.5. The van der Waals surface area contributed by atoms with Gasteiger partial charge in [-0.15, -0.1) is 0 Å². The minimum absolute atomic E-state index is 0.0358. The zero-order valence-electron chi connectivity index (χ0n) is 11.7. The van der Waals surface area contributed by atoms with Crippen molar-refractivity contribution in [1.29, 1.82) is 5.26 Å². The van der Waals surface area contributed by atoms with Gasteiger partial charge in [0.15, 0.2) is 0 Å². The lowest BCUT2D eigenvalue weighted by Crippen LogP contribution is -2.31. The van der Waals surface area contributed by atoms with E-state index in [9.17, 15) is 8.42 Å². The number of aliphatic hydroxyl groups is 1. The van der Waals surface area contributed by atoms with E-state index in [4.69, 9.17) is 22.0 Å². The lowest BCUT2D eigenvalue weighted by atomic mass is 10.2. The first-order valence-corrected chi connectivity index (χ1v) is 7.90. The Morgan fingerprint density at radius 2 is 2.14 bits per heavy atom. The number of halogens is 1. The lowest BCUT2D eigenvalue weighted by Gasteiger charge is -2.19. The molecule has 0 aliphatic rings. The Morgan fingerprint density at radius 1 is 1.48 bits per heavy atom. The van der Waals surface area contributed by atoms with Crippen molar-refractivity contribution in [2.24, 2.45) is 5.92 Å². The molecule has 0 radical (unpaired) electrons. The Labute approximate surface area is 129 Å². The quantitative estimate of drug-likeness (QED) is 0.849. The highest BCUT2D eigenvalue weighted by Crippen LogP contribution is 2.25. The van der Waals surface area contributed by atoms with E-state index in [0.717, 1.165) is 4.31 Å². The zero-order valence-corrected chi connectivity index (χ0v) is 13.2. The number of hydrogen-bond donors (Lipinski definition) is 1. The Morgan fingerprint density at radius 3 is 2.67 bits per heavy atom. The fourth-order valence-electron chi connectivity index (χ4n) is 1.62. The van der Waals surface area contributed by atoms with Gasteiger partial charge in [-0.1, -0.05) is 23.4 Å². The minimum Gasteiger partial charge on any atom is -0.384 e. The normalized spacial score (nSPS) is 12.4. The van der Waals surface area contributed by atoms with E-state index in [1.54, 1.807) is 6.92 Å². The van der Waals surface area contributed by atoms with Crippen LogP contribution in [0.2, 0.25) is 5.02 Å². The molecule has 1 unspecified atom stereocenters. The Balaban J connectivity index is 3.12. The van der Waals surface area contributed by atoms with Crippen LogP contribution in [0.15, 0.2) is 23.1 Å². The van der Waals surface area contributed by atoms with Gasteiger partial charge in [-0.2, -0.15) is 9.57 Å². The molecule has 1 N–H and O–H groups in total. The van der Waals surface area contributed by atoms with Crippen LogP contribution in [-0.4, -0.2) is 38.0 Å². The van der Waals surface area contributed by atoms with Gasteiger partial charge in [-0.25, -0.2) is 8.42 Å². The third kappa shape index (κ3) is 4.45. The summed E-state index contributed by atoms with van der Waals surface area (Å²) in [6.07, 6.45) is 0. The molecule has 0 aliphatic carbocycles. The van der Waals surface area contributed by atoms with E-state index in [-0.39, 0.29) is 23.1 Å². The van der Waals surface area contributed by atoms with Crippen molar-refractivity contribution in [3.63, 3.8) is 0 Å². The number of nitrogens with zero attached hydrogens (tertiary/aromatic N) is 2. The molecule has 1 rings (SSSR count). The second-order valence-electron chi connectivity index (χ2n) is 4.42. The predicted molar refractivity (Wildman–Crippen MR) is 80.0 cm³/mol. The Hall–Kier alpha value is -1.57. The fraction of sp³-hybridized carbons (Fsp3) is 0.357. The molecule has 0 fully saturated rings. The van der Waals surface area contributed by atoms with Crippen molar-refractivity contribution < 1.29 is 13.5 Å². The molecule has 0 spiro atoms. The molecular weight excluding hydrogens is 312 g/mol. The monoisotopic (exact) mass is 326 g/mol. The molecule has 1 atom stereocenters. The summed E-state index contributed by atoms with van der Waals surface area (Å²) in [5.74, 6) is 4.69. The molecule has 0 aromatic heterocycles. The van der Waals surface area contributed by atoms with Crippen LogP contribution in [0.25, 0.3) is 0 Å². The standard InChI is InChI=1S/C14H15ClN2O3S/c1-11(9-16)10-17(2)21(19,20)14-6-5-12(4-3-7-18)8-13(14)15/h5-6,8,11,18H,7,10H2,1-2H3. The molecule has 1 aromatic carbocycles. The smallest absolute Gasteiger partial charge is 0.244 e. The third-order valence-electron chi connectivity index (χ3n) is 2.68. The van der Waals surface area contributed by atoms with E-state index in [1.165, 1.54) is 25.2 Å². The summed E-state index contributed by atoms with van der Waals surface area (Å²) < 4.78 is 25.9. The minimum atomic E-state index is -3.76. The van der Waals surface area contributed by atoms with Crippen LogP contribution in [0.4, 0.5) is 0 Å². The van der Waals surface area contributed by atoms with E-state index < -0.39 is 15.9 Å². The van der Waals surface area contributed by atoms with Gasteiger partial charge < -0.3 is 5.11 Å². The molecule has 0 amide bonds. The summed E-state index contributed by atoms with van der Waals surface area (Å²) in [5, 5.41) is 17.4. The van der Waals surface area contributed by atoms with E-state index in [1.807, 2.05) is 6.07 Å². The average molecular weight is 327 g/mol. The molecule has 1 aromatic rings. The van der Waals surface area contributed by atoms with Gasteiger partial charge in [0.1, 0.15) is 11.5 Å². The van der Waals surface area contributed by atoms with Crippen molar-refractivity contribution in [3.05, 3.63) is 28.8 Å². The van der Waals surface area contributed by atoms with Gasteiger partial charge in [0.2, 0.25) is 10.0 Å². The highest BCUT2D eigenvalue weighted by Gasteiger charge is 2.24. The van der Waals surface area contributed by atoms with Gasteiger partial charge in [-0.05, 0) is 25.1 Å². The van der Waals surface area contributed by atoms with Crippen LogP contribution < -0.4 is 0 Å². The number of hydrogen-bond acceptors (Lipinski definition) is 4. The maximum atomic E-state index is 12.4. The topological polar surface area (TPSA) is 81.4 Å². The maximum absolute atomic E-state index is 12.4. The van der Waals surface area contributed by atoms with Crippen LogP contribution in [0.3, 0.4) is 0 Å². The lowest BCUT2D eigenvalue weighted by molar-refractivity contribution is 0.350. The predicted octanol–water partition coefficient (Wildman–Crippen LogP) is 1.46. The first-order valence-electron chi connectivity index (χ1n) is 6.08. The zero-order chi connectivity index (χ0) is 16.0. The molecule has 5 nitrogen and oxygen atoms in total. The summed E-state index contributed by atoms with van der Waals surface area (Å²) in [4.78, 5) is -0.0358. The van der Waals surface area contributed by atoms with Crippen molar-refractivity contribution in [2.45, 2.75) is 11.8 Å². The first-order chi connectivity index (χ1) is 9.82. The molecule has 0 aliphatic heterocycles. The Bertz CT molecular complexity index is 714. The van der Waals surface area contributed by atoms with Gasteiger partial charge in [0, 0.05) is 19.2 Å². The molecule has 7 heteroatoms. The SMILES string of the molecule is CC(C#N)CN(C)S(=O)(=O)c1ccc(C#CCO)cc1Cl. The first kappa shape index (κ1) is 17.5. The number of nitriles is 1. The van der Waals surface area contributed by atoms with E-state index >= 15 is 0 Å². The molecule has 112 valence electrons. The van der Waals surface area contributed by atoms with Crippen LogP contribution in [0, 0.1) is 29.1 Å². The van der Waals surface area contributed by atoms with Gasteiger partial charge in [0.05, 0.1) is 17.0 Å². The van der Waals surface area contributed by atoms with Crippen LogP contribution in [-0.2, 0) is 10.0 Å². The largest absolute Gasteiger partial charge is 0.384 e. The molecule has 0 bridgehead atoms. The third-order valence-corrected chi connectivity index (χ3v) is 4.99. The van der Waals surface area contributed by atoms with Crippen molar-refractivity contribution in [1.82, 2.24) is 4.31 Å². The summed E-state index contributed by atoms with van der Waals surface area (Å²) in [5.41, 5.74) is 0.515. The van der Waals surface area contributed by atoms with E-state index in [2.05, 4.69) is 11.8 Å². The molecule has 0 saturated heterocycles. The van der Waals surface area contributed by atoms with Crippen molar-refractivity contribution in [2.75, 3.05) is 20.2 Å². The molecule has 21 heavy (non-hydrogen) atoms. The highest BCUT2D eigenvalue weighted by molar-refractivity contribution is 7.89. The summed E-state index contributed by atoms with van der Waals surface area (Å²) in [6.45, 7) is 1.44.